The van der Waals surface area contributed by atoms with Gasteiger partial charge in [0.25, 0.3) is 0 Å². The summed E-state index contributed by atoms with van der Waals surface area (Å²) in [5, 5.41) is 9.33. The van der Waals surface area contributed by atoms with Gasteiger partial charge in [-0.2, -0.15) is 0 Å². The molecular weight excluding hydrogens is 172 g/mol. The molecule has 1 heterocycles. The molecule has 76 valence electrons. The number of rotatable bonds is 1. The molecule has 1 N–H and O–H groups in total. The van der Waals surface area contributed by atoms with Crippen LogP contribution in [0.4, 0.5) is 0 Å². The van der Waals surface area contributed by atoms with Gasteiger partial charge in [0, 0.05) is 0 Å². The monoisotopic (exact) mass is 188 g/mol. The first-order valence-electron chi connectivity index (χ1n) is 4.39. The molecule has 0 saturated carbocycles. The molecule has 4 nitrogen and oxygen atoms in total. The van der Waals surface area contributed by atoms with E-state index in [9.17, 15) is 9.90 Å². The van der Waals surface area contributed by atoms with Gasteiger partial charge in [-0.25, -0.2) is 0 Å². The van der Waals surface area contributed by atoms with Crippen LogP contribution in [0.25, 0.3) is 0 Å². The van der Waals surface area contributed by atoms with Crippen LogP contribution in [0.2, 0.25) is 0 Å². The SMILES string of the molecule is CC(C)(C)OC(=O)C1COCC1O. The zero-order valence-corrected chi connectivity index (χ0v) is 8.24. The van der Waals surface area contributed by atoms with Crippen molar-refractivity contribution >= 4 is 5.97 Å². The summed E-state index contributed by atoms with van der Waals surface area (Å²) in [6.45, 7) is 5.88. The summed E-state index contributed by atoms with van der Waals surface area (Å²) < 4.78 is 10.1. The van der Waals surface area contributed by atoms with Gasteiger partial charge < -0.3 is 14.6 Å². The molecule has 1 fully saturated rings. The van der Waals surface area contributed by atoms with Crippen LogP contribution < -0.4 is 0 Å². The number of carbonyl (C=O) groups is 1. The second-order valence-corrected chi connectivity index (χ2v) is 4.24. The van der Waals surface area contributed by atoms with E-state index in [1.54, 1.807) is 20.8 Å². The van der Waals surface area contributed by atoms with E-state index in [2.05, 4.69) is 0 Å². The van der Waals surface area contributed by atoms with Crippen molar-refractivity contribution in [1.82, 2.24) is 0 Å². The van der Waals surface area contributed by atoms with Gasteiger partial charge in [-0.1, -0.05) is 0 Å². The number of ether oxygens (including phenoxy) is 2. The van der Waals surface area contributed by atoms with Gasteiger partial charge in [0.15, 0.2) is 0 Å². The Kier molecular flexibility index (Phi) is 2.93. The molecule has 0 amide bonds. The molecule has 0 spiro atoms. The van der Waals surface area contributed by atoms with Crippen LogP contribution >= 0.6 is 0 Å². The molecule has 1 saturated heterocycles. The molecule has 13 heavy (non-hydrogen) atoms. The lowest BCUT2D eigenvalue weighted by molar-refractivity contribution is -0.162. The molecule has 0 aromatic carbocycles. The first kappa shape index (κ1) is 10.5. The van der Waals surface area contributed by atoms with Gasteiger partial charge in [0.2, 0.25) is 0 Å². The van der Waals surface area contributed by atoms with Crippen molar-refractivity contribution in [3.8, 4) is 0 Å². The summed E-state index contributed by atoms with van der Waals surface area (Å²) >= 11 is 0. The Morgan fingerprint density at radius 3 is 2.46 bits per heavy atom. The number of aliphatic hydroxyl groups excluding tert-OH is 1. The molecule has 1 rings (SSSR count). The maximum absolute atomic E-state index is 11.4. The second-order valence-electron chi connectivity index (χ2n) is 4.24. The third-order valence-corrected chi connectivity index (χ3v) is 1.76. The lowest BCUT2D eigenvalue weighted by atomic mass is 10.1. The van der Waals surface area contributed by atoms with E-state index in [0.29, 0.717) is 0 Å². The van der Waals surface area contributed by atoms with E-state index in [-0.39, 0.29) is 19.2 Å². The highest BCUT2D eigenvalue weighted by Crippen LogP contribution is 2.18. The summed E-state index contributed by atoms with van der Waals surface area (Å²) in [5.74, 6) is -0.892. The topological polar surface area (TPSA) is 55.8 Å². The van der Waals surface area contributed by atoms with Gasteiger partial charge in [-0.3, -0.25) is 4.79 Å². The van der Waals surface area contributed by atoms with Gasteiger partial charge >= 0.3 is 5.97 Å². The first-order chi connectivity index (χ1) is 5.90. The molecule has 2 unspecified atom stereocenters. The van der Waals surface area contributed by atoms with Crippen molar-refractivity contribution in [3.63, 3.8) is 0 Å². The summed E-state index contributed by atoms with van der Waals surface area (Å²) in [4.78, 5) is 11.4. The minimum atomic E-state index is -0.713. The van der Waals surface area contributed by atoms with Crippen molar-refractivity contribution in [2.24, 2.45) is 5.92 Å². The van der Waals surface area contributed by atoms with Crippen LogP contribution in [-0.4, -0.2) is 36.0 Å². The van der Waals surface area contributed by atoms with Crippen LogP contribution in [0.5, 0.6) is 0 Å². The molecule has 0 aliphatic carbocycles. The first-order valence-corrected chi connectivity index (χ1v) is 4.39. The smallest absolute Gasteiger partial charge is 0.314 e. The van der Waals surface area contributed by atoms with Crippen molar-refractivity contribution in [1.29, 1.82) is 0 Å². The predicted molar refractivity (Wildman–Crippen MR) is 46.2 cm³/mol. The molecular formula is C9H16O4. The molecule has 1 aliphatic rings. The largest absolute Gasteiger partial charge is 0.460 e. The van der Waals surface area contributed by atoms with E-state index in [1.165, 1.54) is 0 Å². The van der Waals surface area contributed by atoms with Crippen molar-refractivity contribution in [2.75, 3.05) is 13.2 Å². The minimum Gasteiger partial charge on any atom is -0.460 e. The summed E-state index contributed by atoms with van der Waals surface area (Å²) in [6.07, 6.45) is -0.713. The molecule has 4 heteroatoms. The Labute approximate surface area is 77.8 Å². The maximum atomic E-state index is 11.4. The standard InChI is InChI=1S/C9H16O4/c1-9(2,3)13-8(11)6-4-12-5-7(6)10/h6-7,10H,4-5H2,1-3H3. The average molecular weight is 188 g/mol. The number of hydrogen-bond donors (Lipinski definition) is 1. The van der Waals surface area contributed by atoms with Gasteiger partial charge in [-0.15, -0.1) is 0 Å². The zero-order valence-electron chi connectivity index (χ0n) is 8.24. The zero-order chi connectivity index (χ0) is 10.1. The Morgan fingerprint density at radius 2 is 2.08 bits per heavy atom. The van der Waals surface area contributed by atoms with E-state index < -0.39 is 17.6 Å². The second kappa shape index (κ2) is 3.64. The Morgan fingerprint density at radius 1 is 1.46 bits per heavy atom. The number of aliphatic hydroxyl groups is 1. The van der Waals surface area contributed by atoms with Gasteiger partial charge in [0.1, 0.15) is 11.5 Å². The molecule has 1 aliphatic heterocycles. The van der Waals surface area contributed by atoms with Crippen LogP contribution in [-0.2, 0) is 14.3 Å². The Bertz CT molecular complexity index is 194. The lowest BCUT2D eigenvalue weighted by Crippen LogP contribution is -2.34. The van der Waals surface area contributed by atoms with Gasteiger partial charge in [-0.05, 0) is 20.8 Å². The number of carbonyl (C=O) groups excluding carboxylic acids is 1. The fraction of sp³-hybridized carbons (Fsp3) is 0.889. The molecule has 0 aromatic rings. The van der Waals surface area contributed by atoms with Crippen molar-refractivity contribution in [2.45, 2.75) is 32.5 Å². The summed E-state index contributed by atoms with van der Waals surface area (Å²) in [7, 11) is 0. The minimum absolute atomic E-state index is 0.226. The molecule has 0 aromatic heterocycles. The highest BCUT2D eigenvalue weighted by Gasteiger charge is 2.35. The highest BCUT2D eigenvalue weighted by atomic mass is 16.6. The number of hydrogen-bond acceptors (Lipinski definition) is 4. The van der Waals surface area contributed by atoms with E-state index in [0.717, 1.165) is 0 Å². The molecule has 2 atom stereocenters. The van der Waals surface area contributed by atoms with Crippen molar-refractivity contribution in [3.05, 3.63) is 0 Å². The van der Waals surface area contributed by atoms with Crippen LogP contribution in [0.15, 0.2) is 0 Å². The fourth-order valence-corrected chi connectivity index (χ4v) is 1.15. The summed E-state index contributed by atoms with van der Waals surface area (Å²) in [5.41, 5.74) is -0.501. The third-order valence-electron chi connectivity index (χ3n) is 1.76. The Balaban J connectivity index is 2.48. The third kappa shape index (κ3) is 2.97. The van der Waals surface area contributed by atoms with Gasteiger partial charge in [0.05, 0.1) is 19.3 Å². The molecule has 0 radical (unpaired) electrons. The van der Waals surface area contributed by atoms with Crippen LogP contribution in [0.3, 0.4) is 0 Å². The molecule has 0 bridgehead atoms. The lowest BCUT2D eigenvalue weighted by Gasteiger charge is -2.22. The predicted octanol–water partition coefficient (Wildman–Crippen LogP) is 0.335. The highest BCUT2D eigenvalue weighted by molar-refractivity contribution is 5.74. The fourth-order valence-electron chi connectivity index (χ4n) is 1.15. The van der Waals surface area contributed by atoms with E-state index in [4.69, 9.17) is 9.47 Å². The normalized spacial score (nSPS) is 28.9. The quantitative estimate of drug-likeness (QED) is 0.603. The average Bonchev–Trinajstić information content (AvgIpc) is 2.30. The van der Waals surface area contributed by atoms with Crippen LogP contribution in [0, 0.1) is 5.92 Å². The van der Waals surface area contributed by atoms with E-state index >= 15 is 0 Å². The van der Waals surface area contributed by atoms with E-state index in [1.807, 2.05) is 0 Å². The van der Waals surface area contributed by atoms with Crippen LogP contribution in [0.1, 0.15) is 20.8 Å². The maximum Gasteiger partial charge on any atom is 0.314 e. The van der Waals surface area contributed by atoms with Crippen molar-refractivity contribution < 1.29 is 19.4 Å². The summed E-state index contributed by atoms with van der Waals surface area (Å²) in [6, 6.07) is 0. The Hall–Kier alpha value is -0.610. The number of esters is 1.